The van der Waals surface area contributed by atoms with Crippen LogP contribution >= 0.6 is 11.3 Å². The highest BCUT2D eigenvalue weighted by atomic mass is 32.1. The number of nitrogen functional groups attached to an aromatic ring is 1. The van der Waals surface area contributed by atoms with Gasteiger partial charge >= 0.3 is 0 Å². The van der Waals surface area contributed by atoms with E-state index in [4.69, 9.17) is 5.73 Å². The summed E-state index contributed by atoms with van der Waals surface area (Å²) in [6.07, 6.45) is 2.14. The molecule has 0 saturated carbocycles. The van der Waals surface area contributed by atoms with Crippen molar-refractivity contribution in [2.75, 3.05) is 23.7 Å². The highest BCUT2D eigenvalue weighted by molar-refractivity contribution is 7.13. The number of anilines is 2. The molecule has 0 saturated heterocycles. The van der Waals surface area contributed by atoms with Crippen LogP contribution in [-0.4, -0.2) is 18.1 Å². The van der Waals surface area contributed by atoms with Crippen molar-refractivity contribution < 1.29 is 0 Å². The zero-order valence-electron chi connectivity index (χ0n) is 9.60. The molecule has 0 atom stereocenters. The maximum absolute atomic E-state index is 5.63. The number of aromatic nitrogens is 1. The van der Waals surface area contributed by atoms with E-state index in [0.717, 1.165) is 31.6 Å². The number of fused-ring (bicyclic) bond motifs is 1. The Balaban J connectivity index is 1.68. The van der Waals surface area contributed by atoms with Crippen LogP contribution in [0.25, 0.3) is 0 Å². The molecular formula is C13H15N3S. The molecule has 0 aliphatic carbocycles. The van der Waals surface area contributed by atoms with Crippen LogP contribution in [0.3, 0.4) is 0 Å². The molecule has 2 N–H and O–H groups in total. The first kappa shape index (κ1) is 10.6. The van der Waals surface area contributed by atoms with Crippen LogP contribution in [0.15, 0.2) is 29.6 Å². The molecule has 0 amide bonds. The minimum Gasteiger partial charge on any atom is -0.375 e. The summed E-state index contributed by atoms with van der Waals surface area (Å²) in [4.78, 5) is 6.73. The number of thiazole rings is 1. The number of rotatable bonds is 3. The normalized spacial score (nSPS) is 14.0. The van der Waals surface area contributed by atoms with Crippen molar-refractivity contribution in [2.24, 2.45) is 0 Å². The van der Waals surface area contributed by atoms with Crippen molar-refractivity contribution in [3.8, 4) is 0 Å². The van der Waals surface area contributed by atoms with Gasteiger partial charge in [0.15, 0.2) is 5.13 Å². The lowest BCUT2D eigenvalue weighted by Crippen LogP contribution is -2.23. The number of benzene rings is 1. The molecule has 3 rings (SSSR count). The van der Waals surface area contributed by atoms with Gasteiger partial charge in [-0.15, -0.1) is 11.3 Å². The summed E-state index contributed by atoms with van der Waals surface area (Å²) in [5, 5.41) is 2.72. The third-order valence-electron chi connectivity index (χ3n) is 3.19. The Labute approximate surface area is 105 Å². The van der Waals surface area contributed by atoms with Gasteiger partial charge in [-0.05, 0) is 18.1 Å². The predicted molar refractivity (Wildman–Crippen MR) is 72.6 cm³/mol. The largest absolute Gasteiger partial charge is 0.375 e. The SMILES string of the molecule is Nc1nc(CCN2CCc3ccccc32)cs1. The van der Waals surface area contributed by atoms with Crippen LogP contribution in [0, 0.1) is 0 Å². The van der Waals surface area contributed by atoms with Crippen molar-refractivity contribution in [3.05, 3.63) is 40.9 Å². The molecule has 3 nitrogen and oxygen atoms in total. The molecule has 4 heteroatoms. The van der Waals surface area contributed by atoms with Crippen molar-refractivity contribution >= 4 is 22.2 Å². The third kappa shape index (κ3) is 2.13. The fourth-order valence-corrected chi connectivity index (χ4v) is 2.92. The number of nitrogens with two attached hydrogens (primary N) is 1. The Hall–Kier alpha value is -1.55. The molecule has 17 heavy (non-hydrogen) atoms. The van der Waals surface area contributed by atoms with E-state index in [2.05, 4.69) is 39.5 Å². The maximum Gasteiger partial charge on any atom is 0.180 e. The van der Waals surface area contributed by atoms with E-state index in [1.807, 2.05) is 0 Å². The Morgan fingerprint density at radius 3 is 3.06 bits per heavy atom. The van der Waals surface area contributed by atoms with Gasteiger partial charge in [0.05, 0.1) is 5.69 Å². The quantitative estimate of drug-likeness (QED) is 0.902. The Bertz CT molecular complexity index is 521. The van der Waals surface area contributed by atoms with Crippen LogP contribution in [-0.2, 0) is 12.8 Å². The Kier molecular flexibility index (Phi) is 2.73. The summed E-state index contributed by atoms with van der Waals surface area (Å²) in [6.45, 7) is 2.15. The lowest BCUT2D eigenvalue weighted by molar-refractivity contribution is 0.803. The van der Waals surface area contributed by atoms with Gasteiger partial charge in [0.25, 0.3) is 0 Å². The van der Waals surface area contributed by atoms with Gasteiger partial charge in [0.2, 0.25) is 0 Å². The van der Waals surface area contributed by atoms with E-state index in [9.17, 15) is 0 Å². The first-order valence-electron chi connectivity index (χ1n) is 5.85. The minimum atomic E-state index is 0.668. The van der Waals surface area contributed by atoms with E-state index in [1.54, 1.807) is 0 Å². The van der Waals surface area contributed by atoms with Crippen LogP contribution in [0.4, 0.5) is 10.8 Å². The van der Waals surface area contributed by atoms with E-state index < -0.39 is 0 Å². The fourth-order valence-electron chi connectivity index (χ4n) is 2.33. The molecular weight excluding hydrogens is 230 g/mol. The van der Waals surface area contributed by atoms with Crippen molar-refractivity contribution in [1.82, 2.24) is 4.98 Å². The molecule has 2 aromatic rings. The monoisotopic (exact) mass is 245 g/mol. The molecule has 0 fully saturated rings. The molecule has 1 aliphatic heterocycles. The number of hydrogen-bond donors (Lipinski definition) is 1. The highest BCUT2D eigenvalue weighted by Crippen LogP contribution is 2.27. The molecule has 88 valence electrons. The van der Waals surface area contributed by atoms with Crippen molar-refractivity contribution in [3.63, 3.8) is 0 Å². The summed E-state index contributed by atoms with van der Waals surface area (Å²) >= 11 is 1.52. The standard InChI is InChI=1S/C13H15N3S/c14-13-15-11(9-17-13)6-8-16-7-5-10-3-1-2-4-12(10)16/h1-4,9H,5-8H2,(H2,14,15). The maximum atomic E-state index is 5.63. The summed E-state index contributed by atoms with van der Waals surface area (Å²) < 4.78 is 0. The molecule has 2 heterocycles. The lowest BCUT2D eigenvalue weighted by Gasteiger charge is -2.18. The second-order valence-corrected chi connectivity index (χ2v) is 5.18. The molecule has 1 aromatic heterocycles. The first-order chi connectivity index (χ1) is 8.33. The van der Waals surface area contributed by atoms with Gasteiger partial charge in [0, 0.05) is 30.6 Å². The molecule has 0 unspecified atom stereocenters. The topological polar surface area (TPSA) is 42.1 Å². The van der Waals surface area contributed by atoms with Crippen molar-refractivity contribution in [2.45, 2.75) is 12.8 Å². The van der Waals surface area contributed by atoms with Crippen LogP contribution in [0.1, 0.15) is 11.3 Å². The number of para-hydroxylation sites is 1. The van der Waals surface area contributed by atoms with Crippen LogP contribution < -0.4 is 10.6 Å². The third-order valence-corrected chi connectivity index (χ3v) is 3.91. The lowest BCUT2D eigenvalue weighted by atomic mass is 10.2. The van der Waals surface area contributed by atoms with Crippen LogP contribution in [0.5, 0.6) is 0 Å². The van der Waals surface area contributed by atoms with Gasteiger partial charge in [-0.1, -0.05) is 18.2 Å². The highest BCUT2D eigenvalue weighted by Gasteiger charge is 2.17. The van der Waals surface area contributed by atoms with Gasteiger partial charge < -0.3 is 10.6 Å². The first-order valence-corrected chi connectivity index (χ1v) is 6.73. The van der Waals surface area contributed by atoms with Crippen LogP contribution in [0.2, 0.25) is 0 Å². The second kappa shape index (κ2) is 4.37. The van der Waals surface area contributed by atoms with Gasteiger partial charge in [-0.25, -0.2) is 4.98 Å². The number of nitrogens with zero attached hydrogens (tertiary/aromatic N) is 2. The molecule has 0 spiro atoms. The minimum absolute atomic E-state index is 0.668. The zero-order valence-corrected chi connectivity index (χ0v) is 10.4. The zero-order chi connectivity index (χ0) is 11.7. The van der Waals surface area contributed by atoms with Gasteiger partial charge in [-0.3, -0.25) is 0 Å². The Morgan fingerprint density at radius 2 is 2.24 bits per heavy atom. The van der Waals surface area contributed by atoms with Gasteiger partial charge in [-0.2, -0.15) is 0 Å². The van der Waals surface area contributed by atoms with Crippen molar-refractivity contribution in [1.29, 1.82) is 0 Å². The summed E-state index contributed by atoms with van der Waals surface area (Å²) in [5.41, 5.74) is 9.59. The summed E-state index contributed by atoms with van der Waals surface area (Å²) in [5.74, 6) is 0. The van der Waals surface area contributed by atoms with E-state index in [0.29, 0.717) is 5.13 Å². The predicted octanol–water partition coefficient (Wildman–Crippen LogP) is 2.33. The Morgan fingerprint density at radius 1 is 1.35 bits per heavy atom. The second-order valence-electron chi connectivity index (χ2n) is 4.29. The average molecular weight is 245 g/mol. The summed E-state index contributed by atoms with van der Waals surface area (Å²) in [7, 11) is 0. The molecule has 0 radical (unpaired) electrons. The molecule has 0 bridgehead atoms. The van der Waals surface area contributed by atoms with Gasteiger partial charge in [0.1, 0.15) is 0 Å². The van der Waals surface area contributed by atoms with E-state index in [-0.39, 0.29) is 0 Å². The summed E-state index contributed by atoms with van der Waals surface area (Å²) in [6, 6.07) is 8.65. The molecule has 1 aromatic carbocycles. The van der Waals surface area contributed by atoms with E-state index >= 15 is 0 Å². The number of hydrogen-bond acceptors (Lipinski definition) is 4. The smallest absolute Gasteiger partial charge is 0.180 e. The fraction of sp³-hybridized carbons (Fsp3) is 0.308. The van der Waals surface area contributed by atoms with E-state index in [1.165, 1.54) is 22.6 Å². The average Bonchev–Trinajstić information content (AvgIpc) is 2.93. The molecule has 1 aliphatic rings.